The zero-order valence-electron chi connectivity index (χ0n) is 9.23. The highest BCUT2D eigenvalue weighted by atomic mass is 79.9. The maximum Gasteiger partial charge on any atom is 0.120 e. The maximum atomic E-state index is 5.87. The van der Waals surface area contributed by atoms with Gasteiger partial charge in [0.05, 0.1) is 0 Å². The van der Waals surface area contributed by atoms with Gasteiger partial charge in [-0.05, 0) is 51.0 Å². The first-order valence-corrected chi connectivity index (χ1v) is 5.88. The number of benzene rings is 1. The van der Waals surface area contributed by atoms with Crippen LogP contribution < -0.4 is 4.74 Å². The third-order valence-electron chi connectivity index (χ3n) is 1.91. The fourth-order valence-corrected chi connectivity index (χ4v) is 1.45. The summed E-state index contributed by atoms with van der Waals surface area (Å²) in [4.78, 5) is 0. The lowest BCUT2D eigenvalue weighted by Crippen LogP contribution is -2.29. The van der Waals surface area contributed by atoms with Crippen LogP contribution in [0.25, 0.3) is 0 Å². The lowest BCUT2D eigenvalue weighted by Gasteiger charge is -2.24. The minimum atomic E-state index is -0.153. The number of aryl methyl sites for hydroxylation is 2. The highest BCUT2D eigenvalue weighted by molar-refractivity contribution is 9.09. The van der Waals surface area contributed by atoms with Crippen LogP contribution in [0.2, 0.25) is 0 Å². The van der Waals surface area contributed by atoms with E-state index in [9.17, 15) is 0 Å². The molecule has 0 spiro atoms. The summed E-state index contributed by atoms with van der Waals surface area (Å²) in [6.45, 7) is 8.31. The van der Waals surface area contributed by atoms with E-state index in [-0.39, 0.29) is 5.60 Å². The van der Waals surface area contributed by atoms with Crippen molar-refractivity contribution in [1.29, 1.82) is 0 Å². The molecule has 0 saturated heterocycles. The maximum absolute atomic E-state index is 5.87. The molecule has 0 heterocycles. The monoisotopic (exact) mass is 256 g/mol. The van der Waals surface area contributed by atoms with Crippen LogP contribution >= 0.6 is 15.9 Å². The van der Waals surface area contributed by atoms with Crippen LogP contribution in [0, 0.1) is 13.8 Å². The predicted octanol–water partition coefficient (Wildman–Crippen LogP) is 3.86. The molecule has 0 radical (unpaired) electrons. The Kier molecular flexibility index (Phi) is 3.59. The van der Waals surface area contributed by atoms with Crippen molar-refractivity contribution in [3.8, 4) is 5.75 Å². The Morgan fingerprint density at radius 1 is 1.14 bits per heavy atom. The van der Waals surface area contributed by atoms with E-state index >= 15 is 0 Å². The van der Waals surface area contributed by atoms with Crippen LogP contribution in [0.4, 0.5) is 0 Å². The molecule has 0 saturated carbocycles. The zero-order chi connectivity index (χ0) is 10.8. The average molecular weight is 257 g/mol. The van der Waals surface area contributed by atoms with Crippen LogP contribution in [0.5, 0.6) is 5.75 Å². The highest BCUT2D eigenvalue weighted by Gasteiger charge is 2.17. The second-order valence-corrected chi connectivity index (χ2v) is 4.88. The molecule has 2 heteroatoms. The second-order valence-electron chi connectivity index (χ2n) is 4.32. The molecular formula is C12H17BrO. The molecule has 0 aromatic heterocycles. The molecule has 1 aromatic carbocycles. The zero-order valence-corrected chi connectivity index (χ0v) is 10.8. The summed E-state index contributed by atoms with van der Waals surface area (Å²) in [6, 6.07) is 6.28. The van der Waals surface area contributed by atoms with Gasteiger partial charge in [0.1, 0.15) is 11.4 Å². The molecule has 0 bridgehead atoms. The van der Waals surface area contributed by atoms with E-state index in [1.54, 1.807) is 0 Å². The smallest absolute Gasteiger partial charge is 0.120 e. The molecule has 14 heavy (non-hydrogen) atoms. The predicted molar refractivity (Wildman–Crippen MR) is 64.4 cm³/mol. The number of hydrogen-bond donors (Lipinski definition) is 0. The van der Waals surface area contributed by atoms with Crippen LogP contribution in [0.15, 0.2) is 18.2 Å². The van der Waals surface area contributed by atoms with E-state index in [4.69, 9.17) is 4.74 Å². The van der Waals surface area contributed by atoms with E-state index < -0.39 is 0 Å². The van der Waals surface area contributed by atoms with Crippen molar-refractivity contribution in [1.82, 2.24) is 0 Å². The highest BCUT2D eigenvalue weighted by Crippen LogP contribution is 2.22. The van der Waals surface area contributed by atoms with Gasteiger partial charge in [0.15, 0.2) is 0 Å². The Morgan fingerprint density at radius 3 is 2.07 bits per heavy atom. The Balaban J connectivity index is 2.87. The van der Waals surface area contributed by atoms with Crippen molar-refractivity contribution in [2.75, 3.05) is 5.33 Å². The Bertz CT molecular complexity index is 298. The van der Waals surface area contributed by atoms with Gasteiger partial charge >= 0.3 is 0 Å². The molecule has 0 fully saturated rings. The van der Waals surface area contributed by atoms with Crippen LogP contribution in [-0.4, -0.2) is 10.9 Å². The molecule has 78 valence electrons. The van der Waals surface area contributed by atoms with Gasteiger partial charge in [-0.3, -0.25) is 0 Å². The molecule has 0 N–H and O–H groups in total. The molecule has 0 aliphatic rings. The second kappa shape index (κ2) is 4.35. The van der Waals surface area contributed by atoms with E-state index in [1.165, 1.54) is 11.1 Å². The number of rotatable bonds is 3. The third kappa shape index (κ3) is 3.33. The molecular weight excluding hydrogens is 240 g/mol. The van der Waals surface area contributed by atoms with Gasteiger partial charge in [-0.1, -0.05) is 22.0 Å². The largest absolute Gasteiger partial charge is 0.487 e. The van der Waals surface area contributed by atoms with Crippen LogP contribution in [-0.2, 0) is 0 Å². The third-order valence-corrected chi connectivity index (χ3v) is 3.26. The van der Waals surface area contributed by atoms with Gasteiger partial charge in [0.2, 0.25) is 0 Å². The fraction of sp³-hybridized carbons (Fsp3) is 0.500. The van der Waals surface area contributed by atoms with Crippen molar-refractivity contribution in [3.63, 3.8) is 0 Å². The lowest BCUT2D eigenvalue weighted by atomic mass is 10.1. The standard InChI is InChI=1S/C12H17BrO/c1-9-5-10(2)7-11(6-9)14-12(3,4)8-13/h5-7H,8H2,1-4H3. The molecule has 0 aliphatic carbocycles. The van der Waals surface area contributed by atoms with Crippen molar-refractivity contribution in [2.45, 2.75) is 33.3 Å². The minimum absolute atomic E-state index is 0.153. The quantitative estimate of drug-likeness (QED) is 0.747. The average Bonchev–Trinajstić information content (AvgIpc) is 2.01. The molecule has 0 aliphatic heterocycles. The molecule has 1 nitrogen and oxygen atoms in total. The lowest BCUT2D eigenvalue weighted by molar-refractivity contribution is 0.137. The first kappa shape index (κ1) is 11.6. The Morgan fingerprint density at radius 2 is 1.64 bits per heavy atom. The SMILES string of the molecule is Cc1cc(C)cc(OC(C)(C)CBr)c1. The topological polar surface area (TPSA) is 9.23 Å². The normalized spacial score (nSPS) is 11.5. The summed E-state index contributed by atoms with van der Waals surface area (Å²) >= 11 is 3.44. The summed E-state index contributed by atoms with van der Waals surface area (Å²) in [5.74, 6) is 0.951. The number of hydrogen-bond acceptors (Lipinski definition) is 1. The molecule has 0 unspecified atom stereocenters. The summed E-state index contributed by atoms with van der Waals surface area (Å²) in [5.41, 5.74) is 2.33. The number of alkyl halides is 1. The molecule has 1 aromatic rings. The van der Waals surface area contributed by atoms with Gasteiger partial charge < -0.3 is 4.74 Å². The minimum Gasteiger partial charge on any atom is -0.487 e. The van der Waals surface area contributed by atoms with Crippen molar-refractivity contribution in [3.05, 3.63) is 29.3 Å². The molecule has 0 atom stereocenters. The van der Waals surface area contributed by atoms with E-state index in [1.807, 2.05) is 0 Å². The summed E-state index contributed by atoms with van der Waals surface area (Å²) in [5, 5.41) is 0.826. The number of halogens is 1. The van der Waals surface area contributed by atoms with Gasteiger partial charge in [-0.15, -0.1) is 0 Å². The Hall–Kier alpha value is -0.500. The van der Waals surface area contributed by atoms with Gasteiger partial charge in [-0.2, -0.15) is 0 Å². The summed E-state index contributed by atoms with van der Waals surface area (Å²) in [7, 11) is 0. The molecule has 1 rings (SSSR count). The Labute approximate surface area is 94.6 Å². The first-order chi connectivity index (χ1) is 6.43. The first-order valence-electron chi connectivity index (χ1n) is 4.76. The van der Waals surface area contributed by atoms with E-state index in [2.05, 4.69) is 61.8 Å². The van der Waals surface area contributed by atoms with E-state index in [0.29, 0.717) is 0 Å². The molecule has 0 amide bonds. The van der Waals surface area contributed by atoms with Crippen LogP contribution in [0.3, 0.4) is 0 Å². The van der Waals surface area contributed by atoms with Crippen molar-refractivity contribution < 1.29 is 4.74 Å². The van der Waals surface area contributed by atoms with Gasteiger partial charge in [-0.25, -0.2) is 0 Å². The summed E-state index contributed by atoms with van der Waals surface area (Å²) in [6.07, 6.45) is 0. The van der Waals surface area contributed by atoms with Crippen molar-refractivity contribution in [2.24, 2.45) is 0 Å². The number of ether oxygens (including phenoxy) is 1. The van der Waals surface area contributed by atoms with E-state index in [0.717, 1.165) is 11.1 Å². The van der Waals surface area contributed by atoms with Gasteiger partial charge in [0.25, 0.3) is 0 Å². The summed E-state index contributed by atoms with van der Waals surface area (Å²) < 4.78 is 5.87. The van der Waals surface area contributed by atoms with Crippen LogP contribution in [0.1, 0.15) is 25.0 Å². The van der Waals surface area contributed by atoms with Gasteiger partial charge in [0, 0.05) is 5.33 Å². The fourth-order valence-electron chi connectivity index (χ4n) is 1.34. The van der Waals surface area contributed by atoms with Crippen molar-refractivity contribution >= 4 is 15.9 Å².